The number of nitrogens with zero attached hydrogens (tertiary/aromatic N) is 1. The van der Waals surface area contributed by atoms with Crippen molar-refractivity contribution in [2.75, 3.05) is 7.11 Å². The van der Waals surface area contributed by atoms with Crippen molar-refractivity contribution in [3.63, 3.8) is 0 Å². The first-order valence-electron chi connectivity index (χ1n) is 3.93. The van der Waals surface area contributed by atoms with Crippen molar-refractivity contribution < 1.29 is 9.63 Å². The first-order chi connectivity index (χ1) is 6.25. The topological polar surface area (TPSA) is 38.7 Å². The second-order valence-corrected chi connectivity index (χ2v) is 2.54. The standard InChI is InChI=1S/C10H11NO2/c1-8(12)10(11-13-2)9-6-4-3-5-7-9/h3-7H,1-2H3/b11-10-. The Kier molecular flexibility index (Phi) is 3.20. The summed E-state index contributed by atoms with van der Waals surface area (Å²) in [7, 11) is 1.42. The lowest BCUT2D eigenvalue weighted by Crippen LogP contribution is -2.11. The van der Waals surface area contributed by atoms with Gasteiger partial charge in [0, 0.05) is 12.5 Å². The minimum absolute atomic E-state index is 0.104. The predicted octanol–water partition coefficient (Wildman–Crippen LogP) is 1.63. The molecule has 0 saturated heterocycles. The smallest absolute Gasteiger partial charge is 0.182 e. The summed E-state index contributed by atoms with van der Waals surface area (Å²) in [4.78, 5) is 15.7. The quantitative estimate of drug-likeness (QED) is 0.520. The largest absolute Gasteiger partial charge is 0.399 e. The summed E-state index contributed by atoms with van der Waals surface area (Å²) >= 11 is 0. The molecule has 1 aromatic rings. The summed E-state index contributed by atoms with van der Waals surface area (Å²) in [6, 6.07) is 9.22. The van der Waals surface area contributed by atoms with Gasteiger partial charge < -0.3 is 4.84 Å². The third-order valence-electron chi connectivity index (χ3n) is 1.56. The van der Waals surface area contributed by atoms with Crippen molar-refractivity contribution in [1.29, 1.82) is 0 Å². The number of hydrogen-bond acceptors (Lipinski definition) is 3. The highest BCUT2D eigenvalue weighted by Crippen LogP contribution is 2.02. The van der Waals surface area contributed by atoms with Gasteiger partial charge in [0.1, 0.15) is 7.11 Å². The van der Waals surface area contributed by atoms with Crippen LogP contribution >= 0.6 is 0 Å². The Balaban J connectivity index is 3.03. The molecule has 0 aliphatic carbocycles. The van der Waals surface area contributed by atoms with E-state index < -0.39 is 0 Å². The average Bonchev–Trinajstić information content (AvgIpc) is 2.15. The maximum Gasteiger partial charge on any atom is 0.182 e. The normalized spacial score (nSPS) is 11.1. The number of oxime groups is 1. The van der Waals surface area contributed by atoms with Crippen LogP contribution in [0.25, 0.3) is 0 Å². The third kappa shape index (κ3) is 2.40. The van der Waals surface area contributed by atoms with Gasteiger partial charge in [0.25, 0.3) is 0 Å². The van der Waals surface area contributed by atoms with E-state index in [9.17, 15) is 4.79 Å². The molecule has 3 heteroatoms. The monoisotopic (exact) mass is 177 g/mol. The van der Waals surface area contributed by atoms with Gasteiger partial charge in [-0.05, 0) is 0 Å². The molecule has 0 atom stereocenters. The highest BCUT2D eigenvalue weighted by molar-refractivity contribution is 6.45. The third-order valence-corrected chi connectivity index (χ3v) is 1.56. The van der Waals surface area contributed by atoms with Crippen molar-refractivity contribution >= 4 is 11.5 Å². The van der Waals surface area contributed by atoms with Crippen LogP contribution in [0.15, 0.2) is 35.5 Å². The molecule has 1 rings (SSSR count). The fourth-order valence-corrected chi connectivity index (χ4v) is 1.01. The van der Waals surface area contributed by atoms with Gasteiger partial charge in [-0.2, -0.15) is 0 Å². The lowest BCUT2D eigenvalue weighted by molar-refractivity contribution is -0.111. The van der Waals surface area contributed by atoms with Crippen LogP contribution in [-0.4, -0.2) is 18.6 Å². The van der Waals surface area contributed by atoms with E-state index in [4.69, 9.17) is 0 Å². The van der Waals surface area contributed by atoms with Gasteiger partial charge in [0.15, 0.2) is 11.5 Å². The summed E-state index contributed by atoms with van der Waals surface area (Å²) < 4.78 is 0. The molecule has 0 radical (unpaired) electrons. The van der Waals surface area contributed by atoms with Crippen LogP contribution in [0.2, 0.25) is 0 Å². The van der Waals surface area contributed by atoms with E-state index in [-0.39, 0.29) is 5.78 Å². The summed E-state index contributed by atoms with van der Waals surface area (Å²) in [5.74, 6) is -0.104. The Bertz CT molecular complexity index is 317. The first-order valence-corrected chi connectivity index (χ1v) is 3.93. The van der Waals surface area contributed by atoms with Crippen LogP contribution in [0.1, 0.15) is 12.5 Å². The Morgan fingerprint density at radius 1 is 1.31 bits per heavy atom. The lowest BCUT2D eigenvalue weighted by Gasteiger charge is -2.00. The Hall–Kier alpha value is -1.64. The molecule has 13 heavy (non-hydrogen) atoms. The molecule has 0 heterocycles. The number of benzene rings is 1. The van der Waals surface area contributed by atoms with Gasteiger partial charge in [0.2, 0.25) is 0 Å². The van der Waals surface area contributed by atoms with E-state index in [1.807, 2.05) is 30.3 Å². The maximum atomic E-state index is 11.1. The van der Waals surface area contributed by atoms with Gasteiger partial charge in [-0.25, -0.2) is 0 Å². The Labute approximate surface area is 77.0 Å². The highest BCUT2D eigenvalue weighted by Gasteiger charge is 2.08. The minimum Gasteiger partial charge on any atom is -0.399 e. The molecule has 0 saturated carbocycles. The van der Waals surface area contributed by atoms with Gasteiger partial charge >= 0.3 is 0 Å². The Morgan fingerprint density at radius 3 is 2.38 bits per heavy atom. The van der Waals surface area contributed by atoms with E-state index in [1.165, 1.54) is 14.0 Å². The number of Topliss-reactive ketones (excluding diaryl/α,β-unsaturated/α-hetero) is 1. The maximum absolute atomic E-state index is 11.1. The average molecular weight is 177 g/mol. The molecular weight excluding hydrogens is 166 g/mol. The van der Waals surface area contributed by atoms with Crippen LogP contribution in [0.4, 0.5) is 0 Å². The van der Waals surface area contributed by atoms with Gasteiger partial charge in [-0.15, -0.1) is 0 Å². The molecule has 0 aromatic heterocycles. The van der Waals surface area contributed by atoms with Crippen molar-refractivity contribution in [3.05, 3.63) is 35.9 Å². The number of carbonyl (C=O) groups excluding carboxylic acids is 1. The van der Waals surface area contributed by atoms with Crippen LogP contribution in [-0.2, 0) is 9.63 Å². The summed E-state index contributed by atoms with van der Waals surface area (Å²) in [5, 5.41) is 3.66. The predicted molar refractivity (Wildman–Crippen MR) is 50.7 cm³/mol. The fraction of sp³-hybridized carbons (Fsp3) is 0.200. The second kappa shape index (κ2) is 4.40. The summed E-state index contributed by atoms with van der Waals surface area (Å²) in [6.07, 6.45) is 0. The van der Waals surface area contributed by atoms with Crippen LogP contribution in [0, 0.1) is 0 Å². The number of hydrogen-bond donors (Lipinski definition) is 0. The first kappa shape index (κ1) is 9.45. The molecule has 1 aromatic carbocycles. The van der Waals surface area contributed by atoms with Crippen LogP contribution < -0.4 is 0 Å². The number of rotatable bonds is 3. The Morgan fingerprint density at radius 2 is 1.92 bits per heavy atom. The van der Waals surface area contributed by atoms with E-state index in [2.05, 4.69) is 9.99 Å². The zero-order valence-electron chi connectivity index (χ0n) is 7.65. The van der Waals surface area contributed by atoms with Gasteiger partial charge in [0.05, 0.1) is 0 Å². The lowest BCUT2D eigenvalue weighted by atomic mass is 10.1. The van der Waals surface area contributed by atoms with Crippen LogP contribution in [0.5, 0.6) is 0 Å². The molecule has 3 nitrogen and oxygen atoms in total. The number of carbonyl (C=O) groups is 1. The zero-order valence-corrected chi connectivity index (χ0v) is 7.65. The number of ketones is 1. The molecule has 0 fully saturated rings. The SMILES string of the molecule is CO/N=C(/C(C)=O)c1ccccc1. The highest BCUT2D eigenvalue weighted by atomic mass is 16.6. The van der Waals surface area contributed by atoms with E-state index in [0.717, 1.165) is 5.56 Å². The van der Waals surface area contributed by atoms with Gasteiger partial charge in [-0.3, -0.25) is 4.79 Å². The van der Waals surface area contributed by atoms with Crippen molar-refractivity contribution in [3.8, 4) is 0 Å². The molecule has 0 N–H and O–H groups in total. The molecule has 0 aliphatic rings. The molecular formula is C10H11NO2. The van der Waals surface area contributed by atoms with E-state index >= 15 is 0 Å². The van der Waals surface area contributed by atoms with E-state index in [1.54, 1.807) is 0 Å². The van der Waals surface area contributed by atoms with Crippen molar-refractivity contribution in [2.24, 2.45) is 5.16 Å². The minimum atomic E-state index is -0.104. The van der Waals surface area contributed by atoms with Crippen LogP contribution in [0.3, 0.4) is 0 Å². The zero-order chi connectivity index (χ0) is 9.68. The molecule has 0 unspecified atom stereocenters. The van der Waals surface area contributed by atoms with E-state index in [0.29, 0.717) is 5.71 Å². The summed E-state index contributed by atoms with van der Waals surface area (Å²) in [6.45, 7) is 1.46. The van der Waals surface area contributed by atoms with Crippen molar-refractivity contribution in [2.45, 2.75) is 6.92 Å². The van der Waals surface area contributed by atoms with Gasteiger partial charge in [-0.1, -0.05) is 35.5 Å². The molecule has 0 amide bonds. The molecule has 68 valence electrons. The fourth-order valence-electron chi connectivity index (χ4n) is 1.01. The molecule has 0 bridgehead atoms. The second-order valence-electron chi connectivity index (χ2n) is 2.54. The van der Waals surface area contributed by atoms with Crippen molar-refractivity contribution in [1.82, 2.24) is 0 Å². The molecule has 0 spiro atoms. The summed E-state index contributed by atoms with van der Waals surface area (Å²) in [5.41, 5.74) is 1.12. The molecule has 0 aliphatic heterocycles.